The first-order valence-electron chi connectivity index (χ1n) is 2.05. The van der Waals surface area contributed by atoms with Gasteiger partial charge < -0.3 is 5.32 Å². The second-order valence-electron chi connectivity index (χ2n) is 1.23. The SMILES string of the molecule is CNC=C(C)C#N. The molecule has 0 radical (unpaired) electrons. The van der Waals surface area contributed by atoms with Crippen molar-refractivity contribution in [2.45, 2.75) is 6.92 Å². The van der Waals surface area contributed by atoms with Crippen molar-refractivity contribution in [1.29, 1.82) is 5.26 Å². The molecule has 0 aromatic carbocycles. The van der Waals surface area contributed by atoms with E-state index in [0.29, 0.717) is 5.57 Å². The van der Waals surface area contributed by atoms with E-state index in [1.807, 2.05) is 6.07 Å². The lowest BCUT2D eigenvalue weighted by Gasteiger charge is -1.82. The van der Waals surface area contributed by atoms with Crippen LogP contribution < -0.4 is 5.32 Å². The first kappa shape index (κ1) is 6.03. The molecule has 0 spiro atoms. The van der Waals surface area contributed by atoms with E-state index >= 15 is 0 Å². The molecule has 0 amide bonds. The molecule has 0 aliphatic carbocycles. The zero-order valence-corrected chi connectivity index (χ0v) is 4.52. The van der Waals surface area contributed by atoms with Crippen molar-refractivity contribution in [3.05, 3.63) is 11.8 Å². The summed E-state index contributed by atoms with van der Waals surface area (Å²) >= 11 is 0. The van der Waals surface area contributed by atoms with Crippen molar-refractivity contribution >= 4 is 0 Å². The highest BCUT2D eigenvalue weighted by Gasteiger charge is 1.75. The summed E-state index contributed by atoms with van der Waals surface area (Å²) in [5.74, 6) is 0. The first-order chi connectivity index (χ1) is 3.31. The molecule has 2 heteroatoms. The van der Waals surface area contributed by atoms with Crippen LogP contribution in [-0.4, -0.2) is 7.05 Å². The van der Waals surface area contributed by atoms with Gasteiger partial charge in [0.05, 0.1) is 6.07 Å². The van der Waals surface area contributed by atoms with E-state index in [0.717, 1.165) is 0 Å². The van der Waals surface area contributed by atoms with Crippen LogP contribution in [-0.2, 0) is 0 Å². The topological polar surface area (TPSA) is 35.8 Å². The number of hydrogen-bond donors (Lipinski definition) is 1. The summed E-state index contributed by atoms with van der Waals surface area (Å²) in [4.78, 5) is 0. The Morgan fingerprint density at radius 3 is 2.57 bits per heavy atom. The number of rotatable bonds is 1. The molecule has 38 valence electrons. The van der Waals surface area contributed by atoms with Crippen LogP contribution in [0.15, 0.2) is 11.8 Å². The second kappa shape index (κ2) is 3.23. The minimum Gasteiger partial charge on any atom is -0.393 e. The molecule has 0 aliphatic heterocycles. The summed E-state index contributed by atoms with van der Waals surface area (Å²) in [5, 5.41) is 10.8. The number of nitrogens with one attached hydrogen (secondary N) is 1. The van der Waals surface area contributed by atoms with Gasteiger partial charge in [0.1, 0.15) is 0 Å². The van der Waals surface area contributed by atoms with E-state index in [-0.39, 0.29) is 0 Å². The maximum absolute atomic E-state index is 8.11. The van der Waals surface area contributed by atoms with Gasteiger partial charge in [-0.1, -0.05) is 0 Å². The van der Waals surface area contributed by atoms with Crippen LogP contribution in [0, 0.1) is 11.3 Å². The van der Waals surface area contributed by atoms with E-state index in [2.05, 4.69) is 5.32 Å². The van der Waals surface area contributed by atoms with Crippen molar-refractivity contribution < 1.29 is 0 Å². The van der Waals surface area contributed by atoms with Gasteiger partial charge in [-0.05, 0) is 6.92 Å². The smallest absolute Gasteiger partial charge is 0.0959 e. The Bertz CT molecular complexity index is 108. The Hall–Kier alpha value is -0.970. The van der Waals surface area contributed by atoms with Gasteiger partial charge in [0, 0.05) is 18.8 Å². The summed E-state index contributed by atoms with van der Waals surface area (Å²) in [6.07, 6.45) is 1.65. The Morgan fingerprint density at radius 2 is 2.43 bits per heavy atom. The van der Waals surface area contributed by atoms with Gasteiger partial charge in [0.15, 0.2) is 0 Å². The fourth-order valence-electron chi connectivity index (χ4n) is 0.249. The predicted octanol–water partition coefficient (Wildman–Crippen LogP) is 0.633. The van der Waals surface area contributed by atoms with Gasteiger partial charge in [-0.25, -0.2) is 0 Å². The molecule has 0 fully saturated rings. The maximum Gasteiger partial charge on any atom is 0.0959 e. The molecule has 0 rings (SSSR count). The van der Waals surface area contributed by atoms with Crippen LogP contribution in [0.5, 0.6) is 0 Å². The molecule has 0 aromatic rings. The Labute approximate surface area is 43.5 Å². The Kier molecular flexibility index (Phi) is 2.78. The van der Waals surface area contributed by atoms with E-state index in [4.69, 9.17) is 5.26 Å². The molecule has 0 aromatic heterocycles. The van der Waals surface area contributed by atoms with E-state index in [1.165, 1.54) is 0 Å². The predicted molar refractivity (Wildman–Crippen MR) is 28.4 cm³/mol. The van der Waals surface area contributed by atoms with Crippen molar-refractivity contribution in [1.82, 2.24) is 5.32 Å². The van der Waals surface area contributed by atoms with Crippen LogP contribution in [0.1, 0.15) is 6.92 Å². The Balaban J connectivity index is 3.57. The highest BCUT2D eigenvalue weighted by atomic mass is 14.8. The van der Waals surface area contributed by atoms with Crippen molar-refractivity contribution in [2.24, 2.45) is 0 Å². The molecule has 0 unspecified atom stereocenters. The molecular formula is C5H8N2. The summed E-state index contributed by atoms with van der Waals surface area (Å²) < 4.78 is 0. The van der Waals surface area contributed by atoms with Crippen molar-refractivity contribution in [2.75, 3.05) is 7.05 Å². The van der Waals surface area contributed by atoms with Crippen LogP contribution in [0.25, 0.3) is 0 Å². The molecule has 0 bridgehead atoms. The molecule has 1 N–H and O–H groups in total. The zero-order chi connectivity index (χ0) is 5.70. The highest BCUT2D eigenvalue weighted by Crippen LogP contribution is 1.81. The lowest BCUT2D eigenvalue weighted by atomic mass is 10.4. The highest BCUT2D eigenvalue weighted by molar-refractivity contribution is 5.15. The molecular weight excluding hydrogens is 88.1 g/mol. The van der Waals surface area contributed by atoms with E-state index < -0.39 is 0 Å². The first-order valence-corrected chi connectivity index (χ1v) is 2.05. The zero-order valence-electron chi connectivity index (χ0n) is 4.52. The number of hydrogen-bond acceptors (Lipinski definition) is 2. The average molecular weight is 96.1 g/mol. The molecule has 0 aliphatic rings. The molecule has 0 heterocycles. The van der Waals surface area contributed by atoms with Gasteiger partial charge in [-0.3, -0.25) is 0 Å². The molecule has 7 heavy (non-hydrogen) atoms. The minimum absolute atomic E-state index is 0.697. The van der Waals surface area contributed by atoms with Gasteiger partial charge >= 0.3 is 0 Å². The van der Waals surface area contributed by atoms with Crippen LogP contribution in [0.4, 0.5) is 0 Å². The number of nitrogens with zero attached hydrogens (tertiary/aromatic N) is 1. The van der Waals surface area contributed by atoms with Crippen LogP contribution >= 0.6 is 0 Å². The monoisotopic (exact) mass is 96.1 g/mol. The molecule has 0 saturated carbocycles. The third kappa shape index (κ3) is 2.84. The quantitative estimate of drug-likeness (QED) is 0.486. The standard InChI is InChI=1S/C5H8N2/c1-5(3-6)4-7-2/h4,7H,1-2H3. The van der Waals surface area contributed by atoms with Crippen molar-refractivity contribution in [3.63, 3.8) is 0 Å². The minimum atomic E-state index is 0.697. The van der Waals surface area contributed by atoms with Crippen LogP contribution in [0.3, 0.4) is 0 Å². The van der Waals surface area contributed by atoms with Gasteiger partial charge in [0.2, 0.25) is 0 Å². The average Bonchev–Trinajstić information content (AvgIpc) is 1.68. The van der Waals surface area contributed by atoms with E-state index in [9.17, 15) is 0 Å². The van der Waals surface area contributed by atoms with Gasteiger partial charge in [-0.2, -0.15) is 5.26 Å². The fourth-order valence-corrected chi connectivity index (χ4v) is 0.249. The van der Waals surface area contributed by atoms with E-state index in [1.54, 1.807) is 20.2 Å². The molecule has 0 saturated heterocycles. The fraction of sp³-hybridized carbons (Fsp3) is 0.400. The number of nitriles is 1. The van der Waals surface area contributed by atoms with Gasteiger partial charge in [-0.15, -0.1) is 0 Å². The third-order valence-corrected chi connectivity index (χ3v) is 0.537. The van der Waals surface area contributed by atoms with Gasteiger partial charge in [0.25, 0.3) is 0 Å². The largest absolute Gasteiger partial charge is 0.393 e. The van der Waals surface area contributed by atoms with Crippen LogP contribution in [0.2, 0.25) is 0 Å². The maximum atomic E-state index is 8.11. The lowest BCUT2D eigenvalue weighted by Crippen LogP contribution is -1.92. The molecule has 0 atom stereocenters. The molecule has 2 nitrogen and oxygen atoms in total. The second-order valence-corrected chi connectivity index (χ2v) is 1.23. The summed E-state index contributed by atoms with van der Waals surface area (Å²) in [6.45, 7) is 1.75. The lowest BCUT2D eigenvalue weighted by molar-refractivity contribution is 1.08. The summed E-state index contributed by atoms with van der Waals surface area (Å²) in [7, 11) is 1.76. The Morgan fingerprint density at radius 1 is 1.86 bits per heavy atom. The summed E-state index contributed by atoms with van der Waals surface area (Å²) in [6, 6.07) is 1.96. The number of allylic oxidation sites excluding steroid dienone is 1. The third-order valence-electron chi connectivity index (χ3n) is 0.537. The normalized spacial score (nSPS) is 10.1. The van der Waals surface area contributed by atoms with Crippen molar-refractivity contribution in [3.8, 4) is 6.07 Å². The summed E-state index contributed by atoms with van der Waals surface area (Å²) in [5.41, 5.74) is 0.697.